The molecule has 0 aromatic rings. The van der Waals surface area contributed by atoms with Gasteiger partial charge in [0, 0.05) is 7.05 Å². The monoisotopic (exact) mass is 268 g/mol. The molecule has 3 atom stereocenters. The van der Waals surface area contributed by atoms with Gasteiger partial charge in [0.2, 0.25) is 5.91 Å². The highest BCUT2D eigenvalue weighted by Crippen LogP contribution is 2.30. The van der Waals surface area contributed by atoms with Gasteiger partial charge in [-0.2, -0.15) is 0 Å². The molecule has 0 aromatic carbocycles. The lowest BCUT2D eigenvalue weighted by atomic mass is 9.87. The molecule has 0 aromatic heterocycles. The summed E-state index contributed by atoms with van der Waals surface area (Å²) in [6.07, 6.45) is 7.55. The van der Waals surface area contributed by atoms with Crippen LogP contribution in [-0.2, 0) is 4.79 Å². The molecule has 1 saturated carbocycles. The number of aliphatic hydroxyl groups is 1. The minimum absolute atomic E-state index is 0.0115. The molecular formula is C15H28N2O2. The molecule has 0 spiro atoms. The van der Waals surface area contributed by atoms with Gasteiger partial charge in [0.1, 0.15) is 0 Å². The molecule has 0 radical (unpaired) electrons. The van der Waals surface area contributed by atoms with E-state index in [-0.39, 0.29) is 23.6 Å². The molecule has 4 nitrogen and oxygen atoms in total. The zero-order valence-electron chi connectivity index (χ0n) is 12.3. The molecule has 19 heavy (non-hydrogen) atoms. The van der Waals surface area contributed by atoms with Gasteiger partial charge in [-0.3, -0.25) is 4.79 Å². The molecule has 1 aliphatic heterocycles. The van der Waals surface area contributed by atoms with E-state index in [1.807, 2.05) is 11.9 Å². The maximum atomic E-state index is 12.9. The lowest BCUT2D eigenvalue weighted by Crippen LogP contribution is -2.58. The summed E-state index contributed by atoms with van der Waals surface area (Å²) in [5.74, 6) is 0.192. The predicted octanol–water partition coefficient (Wildman–Crippen LogP) is 1.67. The van der Waals surface area contributed by atoms with E-state index in [1.165, 1.54) is 0 Å². The summed E-state index contributed by atoms with van der Waals surface area (Å²) in [5, 5.41) is 13.6. The lowest BCUT2D eigenvalue weighted by molar-refractivity contribution is -0.142. The Hall–Kier alpha value is -0.610. The van der Waals surface area contributed by atoms with E-state index in [1.54, 1.807) is 0 Å². The van der Waals surface area contributed by atoms with Crippen molar-refractivity contribution < 1.29 is 9.90 Å². The number of nitrogens with zero attached hydrogens (tertiary/aromatic N) is 1. The maximum absolute atomic E-state index is 12.9. The molecule has 4 heteroatoms. The fraction of sp³-hybridized carbons (Fsp3) is 0.933. The first kappa shape index (κ1) is 14.8. The van der Waals surface area contributed by atoms with Gasteiger partial charge in [0.15, 0.2) is 0 Å². The van der Waals surface area contributed by atoms with E-state index in [0.29, 0.717) is 0 Å². The fourth-order valence-electron chi connectivity index (χ4n) is 3.77. The molecule has 2 rings (SSSR count). The van der Waals surface area contributed by atoms with Gasteiger partial charge in [0.25, 0.3) is 0 Å². The third-order valence-electron chi connectivity index (χ3n) is 4.84. The van der Waals surface area contributed by atoms with Crippen molar-refractivity contribution >= 4 is 5.91 Å². The average molecular weight is 268 g/mol. The fourth-order valence-corrected chi connectivity index (χ4v) is 3.77. The van der Waals surface area contributed by atoms with Crippen LogP contribution in [0.3, 0.4) is 0 Å². The van der Waals surface area contributed by atoms with Crippen LogP contribution < -0.4 is 5.32 Å². The Bertz CT molecular complexity index is 313. The molecule has 2 aliphatic rings. The minimum Gasteiger partial charge on any atom is -0.391 e. The molecule has 2 fully saturated rings. The molecular weight excluding hydrogens is 240 g/mol. The highest BCUT2D eigenvalue weighted by atomic mass is 16.3. The SMILES string of the molecule is CCCC1(C(=O)N(C)C2CCCCC2O)CCCN1. The Kier molecular flexibility index (Phi) is 4.85. The normalized spacial score (nSPS) is 35.3. The van der Waals surface area contributed by atoms with Gasteiger partial charge in [-0.1, -0.05) is 26.2 Å². The first-order chi connectivity index (χ1) is 9.10. The highest BCUT2D eigenvalue weighted by molar-refractivity contribution is 5.87. The zero-order chi connectivity index (χ0) is 13.9. The molecule has 0 bridgehead atoms. The van der Waals surface area contributed by atoms with Crippen LogP contribution in [-0.4, -0.2) is 47.2 Å². The van der Waals surface area contributed by atoms with E-state index in [0.717, 1.165) is 57.9 Å². The minimum atomic E-state index is -0.360. The third kappa shape index (κ3) is 2.95. The second-order valence-corrected chi connectivity index (χ2v) is 6.20. The van der Waals surface area contributed by atoms with Crippen LogP contribution in [0.25, 0.3) is 0 Å². The van der Waals surface area contributed by atoms with E-state index in [9.17, 15) is 9.90 Å². The molecule has 1 heterocycles. The Balaban J connectivity index is 2.08. The Labute approximate surface area is 116 Å². The smallest absolute Gasteiger partial charge is 0.242 e. The Morgan fingerprint density at radius 3 is 2.68 bits per heavy atom. The van der Waals surface area contributed by atoms with Crippen molar-refractivity contribution in [2.75, 3.05) is 13.6 Å². The summed E-state index contributed by atoms with van der Waals surface area (Å²) in [7, 11) is 1.87. The summed E-state index contributed by atoms with van der Waals surface area (Å²) in [5.41, 5.74) is -0.360. The molecule has 110 valence electrons. The molecule has 1 aliphatic carbocycles. The van der Waals surface area contributed by atoms with Crippen LogP contribution in [0.15, 0.2) is 0 Å². The number of carbonyl (C=O) groups excluding carboxylic acids is 1. The van der Waals surface area contributed by atoms with Crippen molar-refractivity contribution in [3.8, 4) is 0 Å². The van der Waals surface area contributed by atoms with Gasteiger partial charge in [-0.15, -0.1) is 0 Å². The van der Waals surface area contributed by atoms with E-state index < -0.39 is 0 Å². The molecule has 1 saturated heterocycles. The highest BCUT2D eigenvalue weighted by Gasteiger charge is 2.44. The third-order valence-corrected chi connectivity index (χ3v) is 4.84. The van der Waals surface area contributed by atoms with E-state index in [2.05, 4.69) is 12.2 Å². The van der Waals surface area contributed by atoms with Crippen molar-refractivity contribution in [2.24, 2.45) is 0 Å². The number of aliphatic hydroxyl groups excluding tert-OH is 1. The van der Waals surface area contributed by atoms with Gasteiger partial charge < -0.3 is 15.3 Å². The van der Waals surface area contributed by atoms with Crippen molar-refractivity contribution in [3.63, 3.8) is 0 Å². The van der Waals surface area contributed by atoms with Gasteiger partial charge in [-0.05, 0) is 38.6 Å². The molecule has 1 amide bonds. The quantitative estimate of drug-likeness (QED) is 0.815. The van der Waals surface area contributed by atoms with Crippen LogP contribution in [0.2, 0.25) is 0 Å². The van der Waals surface area contributed by atoms with Crippen LogP contribution >= 0.6 is 0 Å². The lowest BCUT2D eigenvalue weighted by Gasteiger charge is -2.40. The summed E-state index contributed by atoms with van der Waals surface area (Å²) in [6.45, 7) is 3.07. The summed E-state index contributed by atoms with van der Waals surface area (Å²) < 4.78 is 0. The van der Waals surface area contributed by atoms with Crippen LogP contribution in [0.1, 0.15) is 58.3 Å². The largest absolute Gasteiger partial charge is 0.391 e. The molecule has 3 unspecified atom stereocenters. The zero-order valence-corrected chi connectivity index (χ0v) is 12.3. The Morgan fingerprint density at radius 1 is 1.37 bits per heavy atom. The number of carbonyl (C=O) groups is 1. The van der Waals surface area contributed by atoms with Crippen molar-refractivity contribution in [1.82, 2.24) is 10.2 Å². The van der Waals surface area contributed by atoms with Crippen LogP contribution in [0, 0.1) is 0 Å². The average Bonchev–Trinajstić information content (AvgIpc) is 2.88. The number of nitrogens with one attached hydrogen (secondary N) is 1. The Morgan fingerprint density at radius 2 is 2.11 bits per heavy atom. The van der Waals surface area contributed by atoms with E-state index >= 15 is 0 Å². The topological polar surface area (TPSA) is 52.6 Å². The van der Waals surface area contributed by atoms with Crippen molar-refractivity contribution in [3.05, 3.63) is 0 Å². The summed E-state index contributed by atoms with van der Waals surface area (Å²) >= 11 is 0. The standard InChI is InChI=1S/C15H28N2O2/c1-3-9-15(10-6-11-16-15)14(19)17(2)12-7-4-5-8-13(12)18/h12-13,16,18H,3-11H2,1-2H3. The summed E-state index contributed by atoms with van der Waals surface area (Å²) in [4.78, 5) is 14.7. The maximum Gasteiger partial charge on any atom is 0.242 e. The van der Waals surface area contributed by atoms with E-state index in [4.69, 9.17) is 0 Å². The van der Waals surface area contributed by atoms with Gasteiger partial charge in [-0.25, -0.2) is 0 Å². The van der Waals surface area contributed by atoms with Crippen molar-refractivity contribution in [1.29, 1.82) is 0 Å². The number of amides is 1. The number of rotatable bonds is 4. The molecule has 2 N–H and O–H groups in total. The number of likely N-dealkylation sites (N-methyl/N-ethyl adjacent to an activating group) is 1. The van der Waals surface area contributed by atoms with Gasteiger partial charge >= 0.3 is 0 Å². The second kappa shape index (κ2) is 6.23. The van der Waals surface area contributed by atoms with Gasteiger partial charge in [0.05, 0.1) is 17.7 Å². The summed E-state index contributed by atoms with van der Waals surface area (Å²) in [6, 6.07) is 0.0115. The number of hydrogen-bond acceptors (Lipinski definition) is 3. The first-order valence-electron chi connectivity index (χ1n) is 7.81. The van der Waals surface area contributed by atoms with Crippen molar-refractivity contribution in [2.45, 2.75) is 76.0 Å². The van der Waals surface area contributed by atoms with Crippen LogP contribution in [0.5, 0.6) is 0 Å². The predicted molar refractivity (Wildman–Crippen MR) is 75.9 cm³/mol. The van der Waals surface area contributed by atoms with Crippen LogP contribution in [0.4, 0.5) is 0 Å². The second-order valence-electron chi connectivity index (χ2n) is 6.20. The number of hydrogen-bond donors (Lipinski definition) is 2. The first-order valence-corrected chi connectivity index (χ1v) is 7.81.